The van der Waals surface area contributed by atoms with Crippen LogP contribution in [0, 0.1) is 5.92 Å². The van der Waals surface area contributed by atoms with Gasteiger partial charge in [0, 0.05) is 0 Å². The van der Waals surface area contributed by atoms with Crippen LogP contribution in [0.4, 0.5) is 5.69 Å². The summed E-state index contributed by atoms with van der Waals surface area (Å²) >= 11 is 0. The molecule has 0 saturated carbocycles. The number of nitrogen functional groups attached to an aromatic ring is 1. The Morgan fingerprint density at radius 3 is 3.23 bits per heavy atom. The van der Waals surface area contributed by atoms with Gasteiger partial charge in [-0.1, -0.05) is 0 Å². The molecule has 1 fully saturated rings. The van der Waals surface area contributed by atoms with Crippen LogP contribution >= 0.6 is 0 Å². The molecule has 2 rings (SSSR count). The lowest BCUT2D eigenvalue weighted by Gasteiger charge is -2.06. The standard InChI is InChI=1S/C9H14N4/c10-8-4-9(13-12-6-8)3-7-1-2-11-5-7/h4,6-7,11H,1-3,5H2,(H2,10,13). The van der Waals surface area contributed by atoms with E-state index in [-0.39, 0.29) is 0 Å². The van der Waals surface area contributed by atoms with Crippen LogP contribution in [0.1, 0.15) is 12.1 Å². The fourth-order valence-corrected chi connectivity index (χ4v) is 1.71. The number of nitrogens with one attached hydrogen (secondary N) is 1. The molecule has 0 radical (unpaired) electrons. The van der Waals surface area contributed by atoms with Gasteiger partial charge in [0.15, 0.2) is 0 Å². The van der Waals surface area contributed by atoms with Crippen molar-refractivity contribution < 1.29 is 0 Å². The van der Waals surface area contributed by atoms with Crippen LogP contribution in [0.5, 0.6) is 0 Å². The predicted octanol–water partition coefficient (Wildman–Crippen LogP) is 0.211. The van der Waals surface area contributed by atoms with Crippen LogP contribution in [0.2, 0.25) is 0 Å². The number of nitrogens with two attached hydrogens (primary N) is 1. The highest BCUT2D eigenvalue weighted by molar-refractivity contribution is 5.34. The summed E-state index contributed by atoms with van der Waals surface area (Å²) in [4.78, 5) is 0. The lowest BCUT2D eigenvalue weighted by Crippen LogP contribution is -2.11. The van der Waals surface area contributed by atoms with Crippen molar-refractivity contribution in [3.63, 3.8) is 0 Å². The molecule has 1 unspecified atom stereocenters. The first-order valence-corrected chi connectivity index (χ1v) is 4.62. The molecule has 1 aliphatic rings. The Morgan fingerprint density at radius 2 is 2.54 bits per heavy atom. The van der Waals surface area contributed by atoms with E-state index in [0.717, 1.165) is 25.2 Å². The van der Waals surface area contributed by atoms with Crippen molar-refractivity contribution in [2.24, 2.45) is 5.92 Å². The van der Waals surface area contributed by atoms with E-state index in [1.54, 1.807) is 6.20 Å². The topological polar surface area (TPSA) is 63.8 Å². The molecule has 0 bridgehead atoms. The van der Waals surface area contributed by atoms with E-state index in [1.807, 2.05) is 6.07 Å². The Balaban J connectivity index is 2.00. The number of hydrogen-bond donors (Lipinski definition) is 2. The summed E-state index contributed by atoms with van der Waals surface area (Å²) in [5, 5.41) is 11.2. The SMILES string of the molecule is Nc1cnnc(CC2CCNC2)c1. The second kappa shape index (κ2) is 3.70. The first-order valence-electron chi connectivity index (χ1n) is 4.62. The third kappa shape index (κ3) is 2.15. The zero-order valence-corrected chi connectivity index (χ0v) is 7.53. The zero-order valence-electron chi connectivity index (χ0n) is 7.53. The van der Waals surface area contributed by atoms with Gasteiger partial charge in [0.05, 0.1) is 17.6 Å². The van der Waals surface area contributed by atoms with Crippen molar-refractivity contribution in [2.75, 3.05) is 18.8 Å². The maximum atomic E-state index is 5.61. The van der Waals surface area contributed by atoms with Gasteiger partial charge in [0.1, 0.15) is 0 Å². The van der Waals surface area contributed by atoms with Gasteiger partial charge in [-0.05, 0) is 37.9 Å². The summed E-state index contributed by atoms with van der Waals surface area (Å²) in [6, 6.07) is 1.91. The lowest BCUT2D eigenvalue weighted by molar-refractivity contribution is 0.567. The predicted molar refractivity (Wildman–Crippen MR) is 51.1 cm³/mol. The van der Waals surface area contributed by atoms with E-state index < -0.39 is 0 Å². The largest absolute Gasteiger partial charge is 0.397 e. The highest BCUT2D eigenvalue weighted by Gasteiger charge is 2.15. The molecule has 4 heteroatoms. The lowest BCUT2D eigenvalue weighted by atomic mass is 10.0. The molecule has 1 aliphatic heterocycles. The Labute approximate surface area is 77.5 Å². The first kappa shape index (κ1) is 8.44. The van der Waals surface area contributed by atoms with Crippen LogP contribution in [-0.4, -0.2) is 23.3 Å². The van der Waals surface area contributed by atoms with Crippen LogP contribution in [0.15, 0.2) is 12.3 Å². The number of aromatic nitrogens is 2. The maximum Gasteiger partial charge on any atom is 0.0726 e. The summed E-state index contributed by atoms with van der Waals surface area (Å²) in [7, 11) is 0. The van der Waals surface area contributed by atoms with Gasteiger partial charge >= 0.3 is 0 Å². The second-order valence-electron chi connectivity index (χ2n) is 3.54. The normalized spacial score (nSPS) is 22.0. The molecule has 1 aromatic heterocycles. The summed E-state index contributed by atoms with van der Waals surface area (Å²) in [6.07, 6.45) is 3.80. The molecule has 1 saturated heterocycles. The molecule has 1 aromatic rings. The van der Waals surface area contributed by atoms with Crippen molar-refractivity contribution in [1.29, 1.82) is 0 Å². The average molecular weight is 178 g/mol. The maximum absolute atomic E-state index is 5.61. The minimum atomic E-state index is 0.705. The van der Waals surface area contributed by atoms with Crippen LogP contribution in [-0.2, 0) is 6.42 Å². The summed E-state index contributed by atoms with van der Waals surface area (Å²) < 4.78 is 0. The highest BCUT2D eigenvalue weighted by Crippen LogP contribution is 2.14. The minimum Gasteiger partial charge on any atom is -0.397 e. The van der Waals surface area contributed by atoms with Gasteiger partial charge < -0.3 is 11.1 Å². The van der Waals surface area contributed by atoms with Crippen molar-refractivity contribution in [3.8, 4) is 0 Å². The molecule has 13 heavy (non-hydrogen) atoms. The quantitative estimate of drug-likeness (QED) is 0.679. The molecule has 0 spiro atoms. The fraction of sp³-hybridized carbons (Fsp3) is 0.556. The van der Waals surface area contributed by atoms with Gasteiger partial charge in [-0.25, -0.2) is 0 Å². The van der Waals surface area contributed by atoms with E-state index in [2.05, 4.69) is 15.5 Å². The van der Waals surface area contributed by atoms with Gasteiger partial charge in [-0.3, -0.25) is 0 Å². The van der Waals surface area contributed by atoms with Crippen molar-refractivity contribution in [2.45, 2.75) is 12.8 Å². The van der Waals surface area contributed by atoms with Gasteiger partial charge in [-0.2, -0.15) is 10.2 Å². The number of anilines is 1. The molecule has 0 aromatic carbocycles. The van der Waals surface area contributed by atoms with Crippen molar-refractivity contribution in [1.82, 2.24) is 15.5 Å². The monoisotopic (exact) mass is 178 g/mol. The van der Waals surface area contributed by atoms with Gasteiger partial charge in [-0.15, -0.1) is 0 Å². The molecule has 0 amide bonds. The third-order valence-electron chi connectivity index (χ3n) is 2.39. The first-order chi connectivity index (χ1) is 6.34. The Morgan fingerprint density at radius 1 is 1.62 bits per heavy atom. The van der Waals surface area contributed by atoms with E-state index in [4.69, 9.17) is 5.73 Å². The smallest absolute Gasteiger partial charge is 0.0726 e. The number of nitrogens with zero attached hydrogens (tertiary/aromatic N) is 2. The summed E-state index contributed by atoms with van der Waals surface area (Å²) in [5.41, 5.74) is 7.33. The molecule has 2 heterocycles. The summed E-state index contributed by atoms with van der Waals surface area (Å²) in [6.45, 7) is 2.22. The van der Waals surface area contributed by atoms with E-state index in [1.165, 1.54) is 6.42 Å². The fourth-order valence-electron chi connectivity index (χ4n) is 1.71. The molecule has 3 N–H and O–H groups in total. The minimum absolute atomic E-state index is 0.705. The van der Waals surface area contributed by atoms with Crippen molar-refractivity contribution >= 4 is 5.69 Å². The number of rotatable bonds is 2. The van der Waals surface area contributed by atoms with E-state index >= 15 is 0 Å². The van der Waals surface area contributed by atoms with Gasteiger partial charge in [0.25, 0.3) is 0 Å². The van der Waals surface area contributed by atoms with E-state index in [0.29, 0.717) is 11.6 Å². The van der Waals surface area contributed by atoms with Crippen LogP contribution in [0.3, 0.4) is 0 Å². The highest BCUT2D eigenvalue weighted by atomic mass is 15.1. The second-order valence-corrected chi connectivity index (χ2v) is 3.54. The molecule has 0 aliphatic carbocycles. The number of hydrogen-bond acceptors (Lipinski definition) is 4. The molecular weight excluding hydrogens is 164 g/mol. The molecule has 1 atom stereocenters. The third-order valence-corrected chi connectivity index (χ3v) is 2.39. The van der Waals surface area contributed by atoms with Crippen LogP contribution in [0.25, 0.3) is 0 Å². The Kier molecular flexibility index (Phi) is 2.40. The molecule has 70 valence electrons. The average Bonchev–Trinajstić information content (AvgIpc) is 2.57. The Hall–Kier alpha value is -1.16. The summed E-state index contributed by atoms with van der Waals surface area (Å²) in [5.74, 6) is 0.705. The Bertz CT molecular complexity index is 281. The zero-order chi connectivity index (χ0) is 9.10. The van der Waals surface area contributed by atoms with Gasteiger partial charge in [0.2, 0.25) is 0 Å². The van der Waals surface area contributed by atoms with E-state index in [9.17, 15) is 0 Å². The van der Waals surface area contributed by atoms with Crippen LogP contribution < -0.4 is 11.1 Å². The molecule has 4 nitrogen and oxygen atoms in total. The van der Waals surface area contributed by atoms with Crippen molar-refractivity contribution in [3.05, 3.63) is 18.0 Å². The molecular formula is C9H14N4.